The summed E-state index contributed by atoms with van der Waals surface area (Å²) < 4.78 is 77.6. The molecule has 0 atom stereocenters. The normalized spacial score (nSPS) is 13.1. The van der Waals surface area contributed by atoms with Gasteiger partial charge in [0.2, 0.25) is 6.10 Å². The molecule has 0 aliphatic heterocycles. The van der Waals surface area contributed by atoms with Crippen LogP contribution in [0.2, 0.25) is 0 Å². The lowest BCUT2D eigenvalue weighted by Crippen LogP contribution is -2.44. The topological polar surface area (TPSA) is 9.23 Å². The number of alkyl halides is 6. The third-order valence-corrected chi connectivity index (χ3v) is 2.64. The summed E-state index contributed by atoms with van der Waals surface area (Å²) in [6.07, 6.45) is -14.7. The fraction of sp³-hybridized carbons (Fsp3) is 0.400. The van der Waals surface area contributed by atoms with Gasteiger partial charge in [0.1, 0.15) is 0 Å². The van der Waals surface area contributed by atoms with Crippen LogP contribution in [-0.4, -0.2) is 18.5 Å². The van der Waals surface area contributed by atoms with Gasteiger partial charge >= 0.3 is 12.4 Å². The molecule has 0 N–H and O–H groups in total. The van der Waals surface area contributed by atoms with Gasteiger partial charge in [0, 0.05) is 3.57 Å². The molecule has 0 saturated heterocycles. The average Bonchev–Trinajstić information content (AvgIpc) is 2.17. The Morgan fingerprint density at radius 3 is 1.78 bits per heavy atom. The van der Waals surface area contributed by atoms with Crippen LogP contribution in [0.5, 0.6) is 0 Å². The molecule has 0 spiro atoms. The maximum atomic E-state index is 12.1. The van der Waals surface area contributed by atoms with Crippen molar-refractivity contribution in [2.45, 2.75) is 25.1 Å². The second-order valence-corrected chi connectivity index (χ2v) is 4.65. The van der Waals surface area contributed by atoms with Gasteiger partial charge in [-0.1, -0.05) is 12.1 Å². The smallest absolute Gasteiger partial charge is 0.356 e. The molecule has 0 saturated carbocycles. The van der Waals surface area contributed by atoms with E-state index in [0.717, 1.165) is 3.57 Å². The Hall–Kier alpha value is -0.510. The highest BCUT2D eigenvalue weighted by atomic mass is 127. The average molecular weight is 384 g/mol. The van der Waals surface area contributed by atoms with Gasteiger partial charge in [0.05, 0.1) is 6.61 Å². The number of hydrogen-bond donors (Lipinski definition) is 0. The van der Waals surface area contributed by atoms with E-state index in [4.69, 9.17) is 0 Å². The molecule has 102 valence electrons. The highest BCUT2D eigenvalue weighted by molar-refractivity contribution is 14.1. The van der Waals surface area contributed by atoms with Crippen LogP contribution in [0.15, 0.2) is 24.3 Å². The van der Waals surface area contributed by atoms with Crippen LogP contribution < -0.4 is 0 Å². The van der Waals surface area contributed by atoms with E-state index >= 15 is 0 Å². The largest absolute Gasteiger partial charge is 0.423 e. The Kier molecular flexibility index (Phi) is 4.87. The van der Waals surface area contributed by atoms with Gasteiger partial charge in [-0.2, -0.15) is 26.3 Å². The van der Waals surface area contributed by atoms with Crippen molar-refractivity contribution in [3.05, 3.63) is 33.4 Å². The second kappa shape index (κ2) is 5.64. The van der Waals surface area contributed by atoms with Gasteiger partial charge < -0.3 is 4.74 Å². The zero-order valence-electron chi connectivity index (χ0n) is 8.65. The minimum Gasteiger partial charge on any atom is -0.356 e. The first-order chi connectivity index (χ1) is 8.10. The van der Waals surface area contributed by atoms with Crippen LogP contribution in [0.1, 0.15) is 5.56 Å². The summed E-state index contributed by atoms with van der Waals surface area (Å²) in [5.41, 5.74) is 0.244. The Morgan fingerprint density at radius 2 is 1.39 bits per heavy atom. The molecule has 0 aromatic heterocycles. The number of hydrogen-bond acceptors (Lipinski definition) is 1. The summed E-state index contributed by atoms with van der Waals surface area (Å²) in [6, 6.07) is 5.95. The molecule has 0 unspecified atom stereocenters. The highest BCUT2D eigenvalue weighted by Crippen LogP contribution is 2.36. The Morgan fingerprint density at radius 1 is 0.944 bits per heavy atom. The van der Waals surface area contributed by atoms with Crippen LogP contribution in [-0.2, 0) is 11.3 Å². The third-order valence-electron chi connectivity index (χ3n) is 1.92. The first-order valence-electron chi connectivity index (χ1n) is 4.60. The summed E-state index contributed by atoms with van der Waals surface area (Å²) in [5.74, 6) is 0. The summed E-state index contributed by atoms with van der Waals surface area (Å²) in [5, 5.41) is 0. The Balaban J connectivity index is 2.72. The fourth-order valence-corrected chi connectivity index (χ4v) is 1.49. The van der Waals surface area contributed by atoms with E-state index in [1.54, 1.807) is 12.1 Å². The number of benzene rings is 1. The molecule has 0 radical (unpaired) electrons. The minimum atomic E-state index is -5.47. The molecule has 18 heavy (non-hydrogen) atoms. The van der Waals surface area contributed by atoms with Gasteiger partial charge in [-0.05, 0) is 40.3 Å². The zero-order chi connectivity index (χ0) is 14.0. The molecule has 1 rings (SSSR count). The molecule has 0 aliphatic rings. The lowest BCUT2D eigenvalue weighted by molar-refractivity contribution is -0.324. The van der Waals surface area contributed by atoms with E-state index in [9.17, 15) is 26.3 Å². The van der Waals surface area contributed by atoms with Crippen molar-refractivity contribution < 1.29 is 31.1 Å². The summed E-state index contributed by atoms with van der Waals surface area (Å²) in [7, 11) is 0. The molecule has 1 nitrogen and oxygen atoms in total. The predicted molar refractivity (Wildman–Crippen MR) is 59.8 cm³/mol. The molecule has 0 fully saturated rings. The number of halogens is 7. The van der Waals surface area contributed by atoms with Crippen molar-refractivity contribution in [1.29, 1.82) is 0 Å². The second-order valence-electron chi connectivity index (χ2n) is 3.40. The molecule has 0 heterocycles. The number of ether oxygens (including phenoxy) is 1. The Labute approximate surface area is 112 Å². The molecule has 0 bridgehead atoms. The van der Waals surface area contributed by atoms with Crippen molar-refractivity contribution in [1.82, 2.24) is 0 Å². The molecular weight excluding hydrogens is 377 g/mol. The van der Waals surface area contributed by atoms with Crippen LogP contribution in [0.3, 0.4) is 0 Å². The molecule has 1 aromatic rings. The van der Waals surface area contributed by atoms with E-state index in [1.807, 2.05) is 22.6 Å². The molecule has 8 heteroatoms. The molecular formula is C10H7F6IO. The summed E-state index contributed by atoms with van der Waals surface area (Å²) in [6.45, 7) is -0.749. The van der Waals surface area contributed by atoms with E-state index in [1.165, 1.54) is 12.1 Å². The van der Waals surface area contributed by atoms with Gasteiger partial charge in [-0.3, -0.25) is 0 Å². The van der Waals surface area contributed by atoms with Gasteiger partial charge in [-0.15, -0.1) is 0 Å². The lowest BCUT2D eigenvalue weighted by Gasteiger charge is -2.23. The quantitative estimate of drug-likeness (QED) is 0.558. The molecule has 0 amide bonds. The van der Waals surface area contributed by atoms with Crippen molar-refractivity contribution in [2.75, 3.05) is 0 Å². The van der Waals surface area contributed by atoms with Crippen molar-refractivity contribution in [3.63, 3.8) is 0 Å². The Bertz CT molecular complexity index is 369. The van der Waals surface area contributed by atoms with Gasteiger partial charge in [-0.25, -0.2) is 0 Å². The maximum Gasteiger partial charge on any atom is 0.423 e. The van der Waals surface area contributed by atoms with Crippen LogP contribution in [0.4, 0.5) is 26.3 Å². The lowest BCUT2D eigenvalue weighted by atomic mass is 10.2. The monoisotopic (exact) mass is 384 g/mol. The van der Waals surface area contributed by atoms with Crippen molar-refractivity contribution in [2.24, 2.45) is 0 Å². The van der Waals surface area contributed by atoms with Crippen LogP contribution in [0.25, 0.3) is 0 Å². The SMILES string of the molecule is FC(F)(F)C(OCc1ccc(I)cc1)C(F)(F)F. The van der Waals surface area contributed by atoms with Crippen LogP contribution in [0, 0.1) is 3.57 Å². The van der Waals surface area contributed by atoms with Crippen LogP contribution >= 0.6 is 22.6 Å². The van der Waals surface area contributed by atoms with E-state index in [2.05, 4.69) is 4.74 Å². The van der Waals surface area contributed by atoms with E-state index in [-0.39, 0.29) is 5.56 Å². The molecule has 0 aliphatic carbocycles. The maximum absolute atomic E-state index is 12.1. The molecule has 1 aromatic carbocycles. The standard InChI is InChI=1S/C10H7F6IO/c11-9(12,13)8(10(14,15)16)18-5-6-1-3-7(17)4-2-6/h1-4,8H,5H2. The van der Waals surface area contributed by atoms with E-state index < -0.39 is 25.1 Å². The highest BCUT2D eigenvalue weighted by Gasteiger charge is 2.57. The summed E-state index contributed by atoms with van der Waals surface area (Å²) in [4.78, 5) is 0. The van der Waals surface area contributed by atoms with Crippen molar-refractivity contribution in [3.8, 4) is 0 Å². The third kappa shape index (κ3) is 4.63. The van der Waals surface area contributed by atoms with E-state index in [0.29, 0.717) is 0 Å². The zero-order valence-corrected chi connectivity index (χ0v) is 10.8. The fourth-order valence-electron chi connectivity index (χ4n) is 1.13. The van der Waals surface area contributed by atoms with Crippen molar-refractivity contribution >= 4 is 22.6 Å². The first-order valence-corrected chi connectivity index (χ1v) is 5.68. The number of rotatable bonds is 3. The van der Waals surface area contributed by atoms with Gasteiger partial charge in [0.25, 0.3) is 0 Å². The summed E-state index contributed by atoms with van der Waals surface area (Å²) >= 11 is 1.96. The predicted octanol–water partition coefficient (Wildman–Crippen LogP) is 4.30. The minimum absolute atomic E-state index is 0.244. The first kappa shape index (κ1) is 15.5. The van der Waals surface area contributed by atoms with Gasteiger partial charge in [0.15, 0.2) is 0 Å².